The zero-order chi connectivity index (χ0) is 22.3. The van der Waals surface area contributed by atoms with Crippen LogP contribution in [0.15, 0.2) is 42.6 Å². The number of nitrogens with zero attached hydrogens (tertiary/aromatic N) is 4. The molecule has 0 radical (unpaired) electrons. The number of halogens is 3. The third-order valence-electron chi connectivity index (χ3n) is 5.58. The molecule has 0 unspecified atom stereocenters. The van der Waals surface area contributed by atoms with Crippen molar-refractivity contribution in [2.75, 3.05) is 11.9 Å². The monoisotopic (exact) mass is 429 g/mol. The Morgan fingerprint density at radius 1 is 1.19 bits per heavy atom. The van der Waals surface area contributed by atoms with Crippen LogP contribution in [0, 0.1) is 11.6 Å². The quantitative estimate of drug-likeness (QED) is 0.646. The number of anilines is 1. The highest BCUT2D eigenvalue weighted by atomic mass is 19.1. The van der Waals surface area contributed by atoms with E-state index in [-0.39, 0.29) is 35.4 Å². The number of rotatable bonds is 5. The zero-order valence-electron chi connectivity index (χ0n) is 16.4. The maximum absolute atomic E-state index is 14.4. The number of carbonyl (C=O) groups excluding carboxylic acids is 1. The number of alkyl halides is 1. The number of pyridine rings is 1. The Hall–Kier alpha value is -3.69. The molecule has 1 fully saturated rings. The number of nitrogens with two attached hydrogens (primary N) is 1. The molecule has 1 aliphatic rings. The molecule has 1 saturated carbocycles. The minimum atomic E-state index is -1.10. The van der Waals surface area contributed by atoms with Gasteiger partial charge in [0.15, 0.2) is 5.82 Å². The lowest BCUT2D eigenvalue weighted by molar-refractivity contribution is 0.0865. The van der Waals surface area contributed by atoms with Crippen LogP contribution >= 0.6 is 0 Å². The number of aromatic hydroxyl groups is 1. The molecule has 0 saturated heterocycles. The first kappa shape index (κ1) is 20.6. The molecule has 0 aliphatic heterocycles. The number of benzene rings is 1. The van der Waals surface area contributed by atoms with E-state index in [4.69, 9.17) is 5.73 Å². The standard InChI is InChI=1S/C21H18F3N5O2/c1-29(21(9-11(22)10-21)19-14(23)3-2-6-26-19)18-5-4-16(27-28-18)12-7-13(20(25)31)17(30)8-15(12)24/h2-8,11,30H,9-10H2,1H3,(H2,25,31)/t11-,21-. The number of amides is 1. The maximum Gasteiger partial charge on any atom is 0.252 e. The molecule has 10 heteroatoms. The number of primary amides is 1. The van der Waals surface area contributed by atoms with Crippen LogP contribution in [0.3, 0.4) is 0 Å². The number of hydrogen-bond donors (Lipinski definition) is 2. The van der Waals surface area contributed by atoms with Gasteiger partial charge in [-0.15, -0.1) is 10.2 Å². The molecule has 1 aromatic carbocycles. The van der Waals surface area contributed by atoms with E-state index in [9.17, 15) is 23.1 Å². The molecule has 2 heterocycles. The van der Waals surface area contributed by atoms with Crippen LogP contribution in [0.5, 0.6) is 5.75 Å². The van der Waals surface area contributed by atoms with E-state index in [0.717, 1.165) is 12.1 Å². The Morgan fingerprint density at radius 3 is 2.52 bits per heavy atom. The van der Waals surface area contributed by atoms with E-state index >= 15 is 0 Å². The predicted molar refractivity (Wildman–Crippen MR) is 106 cm³/mol. The average Bonchev–Trinajstić information content (AvgIpc) is 2.71. The summed E-state index contributed by atoms with van der Waals surface area (Å²) in [6.45, 7) is 0. The van der Waals surface area contributed by atoms with Crippen molar-refractivity contribution < 1.29 is 23.1 Å². The molecule has 2 aromatic heterocycles. The van der Waals surface area contributed by atoms with Crippen LogP contribution in [0.1, 0.15) is 28.9 Å². The van der Waals surface area contributed by atoms with Crippen molar-refractivity contribution in [3.8, 4) is 17.0 Å². The highest BCUT2D eigenvalue weighted by molar-refractivity contribution is 5.96. The molecule has 1 aliphatic carbocycles. The Morgan fingerprint density at radius 2 is 1.94 bits per heavy atom. The fourth-order valence-electron chi connectivity index (χ4n) is 3.85. The van der Waals surface area contributed by atoms with E-state index in [2.05, 4.69) is 15.2 Å². The van der Waals surface area contributed by atoms with Crippen LogP contribution in [0.2, 0.25) is 0 Å². The summed E-state index contributed by atoms with van der Waals surface area (Å²) in [6, 6.07) is 7.55. The van der Waals surface area contributed by atoms with Crippen molar-refractivity contribution in [2.45, 2.75) is 24.6 Å². The van der Waals surface area contributed by atoms with Crippen molar-refractivity contribution >= 4 is 11.7 Å². The molecule has 3 aromatic rings. The number of carbonyl (C=O) groups is 1. The Balaban J connectivity index is 1.69. The summed E-state index contributed by atoms with van der Waals surface area (Å²) >= 11 is 0. The van der Waals surface area contributed by atoms with Crippen LogP contribution in [0.25, 0.3) is 11.3 Å². The topological polar surface area (TPSA) is 105 Å². The van der Waals surface area contributed by atoms with Crippen molar-refractivity contribution in [3.63, 3.8) is 0 Å². The fourth-order valence-corrected chi connectivity index (χ4v) is 3.85. The fraction of sp³-hybridized carbons (Fsp3) is 0.238. The molecule has 4 rings (SSSR count). The van der Waals surface area contributed by atoms with Gasteiger partial charge in [-0.25, -0.2) is 13.2 Å². The average molecular weight is 429 g/mol. The first-order chi connectivity index (χ1) is 14.7. The molecule has 3 N–H and O–H groups in total. The Labute approximate surface area is 175 Å². The minimum absolute atomic E-state index is 0.0371. The first-order valence-electron chi connectivity index (χ1n) is 9.38. The van der Waals surface area contributed by atoms with Gasteiger partial charge in [-0.05, 0) is 30.3 Å². The second-order valence-corrected chi connectivity index (χ2v) is 7.42. The largest absolute Gasteiger partial charge is 0.507 e. The van der Waals surface area contributed by atoms with Gasteiger partial charge in [-0.3, -0.25) is 9.78 Å². The van der Waals surface area contributed by atoms with Crippen LogP contribution in [0.4, 0.5) is 19.0 Å². The summed E-state index contributed by atoms with van der Waals surface area (Å²) in [5, 5.41) is 17.7. The van der Waals surface area contributed by atoms with Crippen LogP contribution < -0.4 is 10.6 Å². The number of phenols is 1. The molecule has 1 amide bonds. The molecule has 160 valence electrons. The third kappa shape index (κ3) is 3.43. The summed E-state index contributed by atoms with van der Waals surface area (Å²) in [5.74, 6) is -2.56. The highest BCUT2D eigenvalue weighted by Crippen LogP contribution is 2.48. The van der Waals surface area contributed by atoms with E-state index in [1.165, 1.54) is 30.5 Å². The predicted octanol–water partition coefficient (Wildman–Crippen LogP) is 3.08. The SMILES string of the molecule is CN(c1ccc(-c2cc(C(N)=O)c(O)cc2F)nn1)[C@]1(c2ncccc2F)C[C@@H](F)C1. The van der Waals surface area contributed by atoms with Gasteiger partial charge in [-0.1, -0.05) is 0 Å². The smallest absolute Gasteiger partial charge is 0.252 e. The Bertz CT molecular complexity index is 1150. The summed E-state index contributed by atoms with van der Waals surface area (Å²) in [6.07, 6.45) is 0.415. The summed E-state index contributed by atoms with van der Waals surface area (Å²) in [5.41, 5.74) is 4.04. The van der Waals surface area contributed by atoms with Gasteiger partial charge in [0.1, 0.15) is 29.2 Å². The van der Waals surface area contributed by atoms with Gasteiger partial charge in [0.2, 0.25) is 0 Å². The number of aromatic nitrogens is 3. The van der Waals surface area contributed by atoms with Gasteiger partial charge in [0.05, 0.1) is 16.8 Å². The molecule has 0 atom stereocenters. The lowest BCUT2D eigenvalue weighted by atomic mass is 9.71. The van der Waals surface area contributed by atoms with Gasteiger partial charge >= 0.3 is 0 Å². The molecular weight excluding hydrogens is 411 g/mol. The van der Waals surface area contributed by atoms with Gasteiger partial charge in [0.25, 0.3) is 5.91 Å². The van der Waals surface area contributed by atoms with E-state index in [1.54, 1.807) is 11.9 Å². The first-order valence-corrected chi connectivity index (χ1v) is 9.38. The second-order valence-electron chi connectivity index (χ2n) is 7.42. The van der Waals surface area contributed by atoms with Gasteiger partial charge < -0.3 is 15.7 Å². The van der Waals surface area contributed by atoms with Crippen molar-refractivity contribution in [2.24, 2.45) is 5.73 Å². The zero-order valence-corrected chi connectivity index (χ0v) is 16.4. The van der Waals surface area contributed by atoms with E-state index in [1.807, 2.05) is 0 Å². The molecule has 31 heavy (non-hydrogen) atoms. The summed E-state index contributed by atoms with van der Waals surface area (Å²) in [7, 11) is 1.63. The third-order valence-corrected chi connectivity index (χ3v) is 5.58. The summed E-state index contributed by atoms with van der Waals surface area (Å²) < 4.78 is 42.6. The van der Waals surface area contributed by atoms with Crippen LogP contribution in [-0.2, 0) is 5.54 Å². The van der Waals surface area contributed by atoms with Gasteiger partial charge in [-0.2, -0.15) is 0 Å². The van der Waals surface area contributed by atoms with Crippen molar-refractivity contribution in [1.29, 1.82) is 0 Å². The van der Waals surface area contributed by atoms with E-state index < -0.39 is 35.0 Å². The minimum Gasteiger partial charge on any atom is -0.507 e. The highest BCUT2D eigenvalue weighted by Gasteiger charge is 2.52. The molecule has 0 spiro atoms. The summed E-state index contributed by atoms with van der Waals surface area (Å²) in [4.78, 5) is 17.1. The number of hydrogen-bond acceptors (Lipinski definition) is 6. The lowest BCUT2D eigenvalue weighted by Gasteiger charge is -2.50. The second kappa shape index (κ2) is 7.53. The van der Waals surface area contributed by atoms with Crippen molar-refractivity contribution in [3.05, 3.63) is 65.5 Å². The normalized spacial score (nSPS) is 20.2. The molecule has 0 bridgehead atoms. The van der Waals surface area contributed by atoms with Crippen LogP contribution in [-0.4, -0.2) is 39.4 Å². The Kier molecular flexibility index (Phi) is 5.00. The lowest BCUT2D eigenvalue weighted by Crippen LogP contribution is -2.56. The molecular formula is C21H18F3N5O2. The maximum atomic E-state index is 14.4. The van der Waals surface area contributed by atoms with Crippen molar-refractivity contribution in [1.82, 2.24) is 15.2 Å². The van der Waals surface area contributed by atoms with Gasteiger partial charge in [0, 0.05) is 37.7 Å². The molecule has 7 nitrogen and oxygen atoms in total. The van der Waals surface area contributed by atoms with E-state index in [0.29, 0.717) is 5.82 Å².